The zero-order valence-electron chi connectivity index (χ0n) is 16.0. The summed E-state index contributed by atoms with van der Waals surface area (Å²) in [5.74, 6) is 2.72. The topological polar surface area (TPSA) is 48.9 Å². The third kappa shape index (κ3) is 6.98. The predicted molar refractivity (Wildman–Crippen MR) is 102 cm³/mol. The van der Waals surface area contributed by atoms with Gasteiger partial charge in [-0.1, -0.05) is 13.8 Å². The molecule has 0 bridgehead atoms. The van der Waals surface area contributed by atoms with Gasteiger partial charge in [0.2, 0.25) is 0 Å². The van der Waals surface area contributed by atoms with E-state index < -0.39 is 0 Å². The van der Waals surface area contributed by atoms with E-state index in [1.165, 1.54) is 45.1 Å². The Balaban J connectivity index is 1.54. The van der Waals surface area contributed by atoms with Crippen molar-refractivity contribution in [1.82, 2.24) is 15.5 Å². The molecular formula is C19H38N4O. The van der Waals surface area contributed by atoms with Gasteiger partial charge < -0.3 is 15.4 Å². The summed E-state index contributed by atoms with van der Waals surface area (Å²) in [6.07, 6.45) is 7.69. The second kappa shape index (κ2) is 10.9. The first-order valence-electron chi connectivity index (χ1n) is 9.96. The fourth-order valence-corrected chi connectivity index (χ4v) is 3.81. The van der Waals surface area contributed by atoms with E-state index in [1.54, 1.807) is 0 Å². The van der Waals surface area contributed by atoms with Crippen LogP contribution in [-0.4, -0.2) is 63.3 Å². The molecule has 0 aromatic rings. The third-order valence-corrected chi connectivity index (χ3v) is 5.58. The Kier molecular flexibility index (Phi) is 8.89. The van der Waals surface area contributed by atoms with Crippen LogP contribution in [-0.2, 0) is 4.74 Å². The largest absolute Gasteiger partial charge is 0.379 e. The number of unbranched alkanes of at least 4 members (excludes halogenated alkanes) is 1. The molecule has 0 atom stereocenters. The van der Waals surface area contributed by atoms with Crippen LogP contribution in [0.1, 0.15) is 52.4 Å². The van der Waals surface area contributed by atoms with Crippen molar-refractivity contribution >= 4 is 5.96 Å². The molecule has 0 radical (unpaired) electrons. The lowest BCUT2D eigenvalue weighted by atomic mass is 9.80. The van der Waals surface area contributed by atoms with Gasteiger partial charge in [-0.2, -0.15) is 0 Å². The van der Waals surface area contributed by atoms with Gasteiger partial charge in [-0.25, -0.2) is 0 Å². The minimum absolute atomic E-state index is 0.597. The molecule has 1 aliphatic carbocycles. The minimum atomic E-state index is 0.597. The highest BCUT2D eigenvalue weighted by molar-refractivity contribution is 5.79. The molecule has 5 heteroatoms. The third-order valence-electron chi connectivity index (χ3n) is 5.58. The lowest BCUT2D eigenvalue weighted by Crippen LogP contribution is -2.45. The number of ether oxygens (including phenoxy) is 1. The van der Waals surface area contributed by atoms with E-state index in [1.807, 2.05) is 7.05 Å². The highest BCUT2D eigenvalue weighted by Crippen LogP contribution is 2.29. The fourth-order valence-electron chi connectivity index (χ4n) is 3.81. The molecule has 0 amide bonds. The van der Waals surface area contributed by atoms with Gasteiger partial charge in [-0.05, 0) is 56.9 Å². The van der Waals surface area contributed by atoms with Gasteiger partial charge in [0.15, 0.2) is 5.96 Å². The van der Waals surface area contributed by atoms with Crippen molar-refractivity contribution in [2.75, 3.05) is 46.4 Å². The number of hydrogen-bond acceptors (Lipinski definition) is 3. The van der Waals surface area contributed by atoms with E-state index in [2.05, 4.69) is 34.4 Å². The molecule has 0 aromatic heterocycles. The fraction of sp³-hybridized carbons (Fsp3) is 0.947. The van der Waals surface area contributed by atoms with Crippen molar-refractivity contribution in [3.63, 3.8) is 0 Å². The van der Waals surface area contributed by atoms with Crippen LogP contribution in [0.5, 0.6) is 0 Å². The lowest BCUT2D eigenvalue weighted by molar-refractivity contribution is 0.0372. The lowest BCUT2D eigenvalue weighted by Gasteiger charge is -2.32. The molecule has 1 saturated carbocycles. The Morgan fingerprint density at radius 2 is 1.83 bits per heavy atom. The number of guanidine groups is 1. The summed E-state index contributed by atoms with van der Waals surface area (Å²) in [5.41, 5.74) is 0. The standard InChI is InChI=1S/C19H38N4O/c1-16(2)17-6-8-18(9-7-17)22-19(20-3)21-10-4-5-11-23-12-14-24-15-13-23/h16-18H,4-15H2,1-3H3,(H2,20,21,22). The summed E-state index contributed by atoms with van der Waals surface area (Å²) in [4.78, 5) is 6.89. The number of nitrogens with zero attached hydrogens (tertiary/aromatic N) is 2. The molecule has 2 N–H and O–H groups in total. The van der Waals surface area contributed by atoms with Crippen LogP contribution in [0, 0.1) is 11.8 Å². The van der Waals surface area contributed by atoms with Crippen molar-refractivity contribution < 1.29 is 4.74 Å². The van der Waals surface area contributed by atoms with Crippen LogP contribution in [0.2, 0.25) is 0 Å². The van der Waals surface area contributed by atoms with Crippen LogP contribution in [0.3, 0.4) is 0 Å². The van der Waals surface area contributed by atoms with E-state index in [9.17, 15) is 0 Å². The minimum Gasteiger partial charge on any atom is -0.379 e. The smallest absolute Gasteiger partial charge is 0.191 e. The Labute approximate surface area is 148 Å². The van der Waals surface area contributed by atoms with Gasteiger partial charge in [-0.3, -0.25) is 9.89 Å². The van der Waals surface area contributed by atoms with Gasteiger partial charge >= 0.3 is 0 Å². The van der Waals surface area contributed by atoms with E-state index in [0.29, 0.717) is 6.04 Å². The molecule has 5 nitrogen and oxygen atoms in total. The van der Waals surface area contributed by atoms with Gasteiger partial charge in [0.25, 0.3) is 0 Å². The molecular weight excluding hydrogens is 300 g/mol. The molecule has 1 aliphatic heterocycles. The number of rotatable bonds is 7. The first kappa shape index (κ1) is 19.5. The number of nitrogens with one attached hydrogen (secondary N) is 2. The van der Waals surface area contributed by atoms with Crippen LogP contribution < -0.4 is 10.6 Å². The molecule has 2 aliphatic rings. The average molecular weight is 339 g/mol. The highest BCUT2D eigenvalue weighted by atomic mass is 16.5. The molecule has 1 saturated heterocycles. The summed E-state index contributed by atoms with van der Waals surface area (Å²) in [6.45, 7) is 10.9. The van der Waals surface area contributed by atoms with Gasteiger partial charge in [0, 0.05) is 32.7 Å². The van der Waals surface area contributed by atoms with Crippen molar-refractivity contribution in [1.29, 1.82) is 0 Å². The monoisotopic (exact) mass is 338 g/mol. The maximum Gasteiger partial charge on any atom is 0.191 e. The van der Waals surface area contributed by atoms with E-state index >= 15 is 0 Å². The van der Waals surface area contributed by atoms with Gasteiger partial charge in [0.1, 0.15) is 0 Å². The Bertz CT molecular complexity index is 358. The maximum atomic E-state index is 5.39. The van der Waals surface area contributed by atoms with Crippen LogP contribution in [0.25, 0.3) is 0 Å². The van der Waals surface area contributed by atoms with Crippen molar-refractivity contribution in [3.8, 4) is 0 Å². The Morgan fingerprint density at radius 1 is 1.12 bits per heavy atom. The molecule has 24 heavy (non-hydrogen) atoms. The first-order valence-corrected chi connectivity index (χ1v) is 9.96. The zero-order chi connectivity index (χ0) is 17.2. The summed E-state index contributed by atoms with van der Waals surface area (Å²) < 4.78 is 5.39. The summed E-state index contributed by atoms with van der Waals surface area (Å²) >= 11 is 0. The van der Waals surface area contributed by atoms with Crippen LogP contribution >= 0.6 is 0 Å². The second-order valence-electron chi connectivity index (χ2n) is 7.66. The Morgan fingerprint density at radius 3 is 2.46 bits per heavy atom. The second-order valence-corrected chi connectivity index (χ2v) is 7.66. The quantitative estimate of drug-likeness (QED) is 0.425. The predicted octanol–water partition coefficient (Wildman–Crippen LogP) is 2.48. The Hall–Kier alpha value is -0.810. The molecule has 0 aromatic carbocycles. The molecule has 2 rings (SSSR count). The maximum absolute atomic E-state index is 5.39. The highest BCUT2D eigenvalue weighted by Gasteiger charge is 2.23. The number of morpholine rings is 1. The van der Waals surface area contributed by atoms with Crippen LogP contribution in [0.15, 0.2) is 4.99 Å². The SMILES string of the molecule is CN=C(NCCCCN1CCOCC1)NC1CCC(C(C)C)CC1. The molecule has 0 spiro atoms. The van der Waals surface area contributed by atoms with Gasteiger partial charge in [0.05, 0.1) is 13.2 Å². The molecule has 2 fully saturated rings. The zero-order valence-corrected chi connectivity index (χ0v) is 16.0. The van der Waals surface area contributed by atoms with Crippen molar-refractivity contribution in [2.24, 2.45) is 16.8 Å². The summed E-state index contributed by atoms with van der Waals surface area (Å²) in [5, 5.41) is 7.10. The van der Waals surface area contributed by atoms with Crippen LogP contribution in [0.4, 0.5) is 0 Å². The van der Waals surface area contributed by atoms with E-state index in [4.69, 9.17) is 4.74 Å². The van der Waals surface area contributed by atoms with Crippen molar-refractivity contribution in [2.45, 2.75) is 58.4 Å². The van der Waals surface area contributed by atoms with Gasteiger partial charge in [-0.15, -0.1) is 0 Å². The summed E-state index contributed by atoms with van der Waals surface area (Å²) in [6, 6.07) is 0.597. The average Bonchev–Trinajstić information content (AvgIpc) is 2.61. The molecule has 0 unspecified atom stereocenters. The van der Waals surface area contributed by atoms with Crippen molar-refractivity contribution in [3.05, 3.63) is 0 Å². The molecule has 1 heterocycles. The molecule has 140 valence electrons. The number of aliphatic imine (C=N–C) groups is 1. The summed E-state index contributed by atoms with van der Waals surface area (Å²) in [7, 11) is 1.88. The van der Waals surface area contributed by atoms with E-state index in [0.717, 1.165) is 50.6 Å². The number of hydrogen-bond donors (Lipinski definition) is 2. The normalized spacial score (nSPS) is 26.6. The first-order chi connectivity index (χ1) is 11.7. The van der Waals surface area contributed by atoms with E-state index in [-0.39, 0.29) is 0 Å².